The van der Waals surface area contributed by atoms with Crippen molar-refractivity contribution in [2.75, 3.05) is 11.4 Å². The van der Waals surface area contributed by atoms with Crippen LogP contribution >= 0.6 is 11.6 Å². The summed E-state index contributed by atoms with van der Waals surface area (Å²) in [5, 5.41) is 13.0. The van der Waals surface area contributed by atoms with Gasteiger partial charge in [-0.1, -0.05) is 30.7 Å². The number of carbonyl (C=O) groups is 1. The quantitative estimate of drug-likeness (QED) is 0.785. The number of aryl methyl sites for hydroxylation is 1. The minimum atomic E-state index is 0.0263. The van der Waals surface area contributed by atoms with Gasteiger partial charge in [-0.2, -0.15) is 5.26 Å². The van der Waals surface area contributed by atoms with Gasteiger partial charge in [0.05, 0.1) is 10.6 Å². The first-order chi connectivity index (χ1) is 14.1. The number of hydrogen-bond donors (Lipinski definition) is 1. The molecule has 0 spiro atoms. The number of carbonyl (C=O) groups excluding carboxylic acids is 1. The van der Waals surface area contributed by atoms with Crippen molar-refractivity contribution in [3.8, 4) is 6.07 Å². The third kappa shape index (κ3) is 3.97. The molecule has 1 saturated carbocycles. The van der Waals surface area contributed by atoms with E-state index in [0.29, 0.717) is 16.6 Å². The highest BCUT2D eigenvalue weighted by Gasteiger charge is 2.32. The van der Waals surface area contributed by atoms with Gasteiger partial charge in [0.2, 0.25) is 0 Å². The Hall–Kier alpha value is -2.51. The number of nitrogens with one attached hydrogen (secondary N) is 1. The standard InChI is InChI=1S/C24H26ClN3O/c1-2-16-3-5-17(6-4-16)24(29)27-19-8-10-20(11-9-19)28-14-13-21-22(28)12-7-18(15-26)23(21)25/h3-7,12,19-20H,2,8-11,13-14H2,1H3,(H,27,29). The fourth-order valence-electron chi connectivity index (χ4n) is 4.63. The van der Waals surface area contributed by atoms with Crippen LogP contribution in [0.2, 0.25) is 5.02 Å². The Balaban J connectivity index is 1.35. The maximum Gasteiger partial charge on any atom is 0.251 e. The zero-order valence-corrected chi connectivity index (χ0v) is 17.5. The van der Waals surface area contributed by atoms with E-state index in [1.54, 1.807) is 0 Å². The number of rotatable bonds is 4. The van der Waals surface area contributed by atoms with E-state index in [2.05, 4.69) is 23.2 Å². The molecule has 1 N–H and O–H groups in total. The molecule has 0 aromatic heterocycles. The molecule has 0 saturated heterocycles. The number of nitrogens with zero attached hydrogens (tertiary/aromatic N) is 2. The first kappa shape index (κ1) is 19.8. The molecule has 1 aliphatic heterocycles. The van der Waals surface area contributed by atoms with Crippen molar-refractivity contribution in [3.05, 3.63) is 63.7 Å². The van der Waals surface area contributed by atoms with Crippen LogP contribution in [0.5, 0.6) is 0 Å². The van der Waals surface area contributed by atoms with E-state index in [1.165, 1.54) is 11.3 Å². The van der Waals surface area contributed by atoms with Crippen LogP contribution in [-0.4, -0.2) is 24.5 Å². The zero-order chi connectivity index (χ0) is 20.4. The van der Waals surface area contributed by atoms with Gasteiger partial charge in [-0.15, -0.1) is 0 Å². The van der Waals surface area contributed by atoms with E-state index in [-0.39, 0.29) is 11.9 Å². The molecule has 2 aromatic rings. The van der Waals surface area contributed by atoms with Crippen molar-refractivity contribution in [1.29, 1.82) is 5.26 Å². The number of halogens is 1. The summed E-state index contributed by atoms with van der Waals surface area (Å²) in [6, 6.07) is 14.6. The van der Waals surface area contributed by atoms with Crippen LogP contribution in [-0.2, 0) is 12.8 Å². The predicted molar refractivity (Wildman–Crippen MR) is 117 cm³/mol. The Bertz CT molecular complexity index is 940. The van der Waals surface area contributed by atoms with E-state index in [1.807, 2.05) is 36.4 Å². The van der Waals surface area contributed by atoms with Crippen molar-refractivity contribution in [3.63, 3.8) is 0 Å². The average molecular weight is 408 g/mol. The van der Waals surface area contributed by atoms with Gasteiger partial charge in [-0.25, -0.2) is 0 Å². The monoisotopic (exact) mass is 407 g/mol. The highest BCUT2D eigenvalue weighted by Crippen LogP contribution is 2.39. The first-order valence-electron chi connectivity index (χ1n) is 10.5. The van der Waals surface area contributed by atoms with Crippen molar-refractivity contribution in [2.24, 2.45) is 0 Å². The molecule has 0 atom stereocenters. The lowest BCUT2D eigenvalue weighted by Gasteiger charge is -2.36. The maximum atomic E-state index is 12.5. The normalized spacial score (nSPS) is 20.8. The third-order valence-corrected chi connectivity index (χ3v) is 6.78. The Kier molecular flexibility index (Phi) is 5.78. The van der Waals surface area contributed by atoms with E-state index in [4.69, 9.17) is 11.6 Å². The molecule has 4 nitrogen and oxygen atoms in total. The fraction of sp³-hybridized carbons (Fsp3) is 0.417. The molecule has 4 rings (SSSR count). The SMILES string of the molecule is CCc1ccc(C(=O)NC2CCC(N3CCc4c3ccc(C#N)c4Cl)CC2)cc1. The minimum absolute atomic E-state index is 0.0263. The topological polar surface area (TPSA) is 56.1 Å². The van der Waals surface area contributed by atoms with Gasteiger partial charge in [0, 0.05) is 29.9 Å². The molecule has 0 radical (unpaired) electrons. The lowest BCUT2D eigenvalue weighted by molar-refractivity contribution is 0.0925. The van der Waals surface area contributed by atoms with E-state index >= 15 is 0 Å². The van der Waals surface area contributed by atoms with Gasteiger partial charge in [-0.05, 0) is 73.9 Å². The summed E-state index contributed by atoms with van der Waals surface area (Å²) < 4.78 is 0. The Labute approximate surface area is 177 Å². The molecule has 1 aliphatic carbocycles. The van der Waals surface area contributed by atoms with Gasteiger partial charge in [-0.3, -0.25) is 4.79 Å². The second-order valence-corrected chi connectivity index (χ2v) is 8.39. The average Bonchev–Trinajstić information content (AvgIpc) is 3.19. The summed E-state index contributed by atoms with van der Waals surface area (Å²) in [4.78, 5) is 15.0. The summed E-state index contributed by atoms with van der Waals surface area (Å²) in [5.41, 5.74) is 4.83. The van der Waals surface area contributed by atoms with Crippen LogP contribution < -0.4 is 10.2 Å². The molecule has 2 aliphatic rings. The summed E-state index contributed by atoms with van der Waals surface area (Å²) in [6.45, 7) is 3.07. The van der Waals surface area contributed by atoms with Gasteiger partial charge in [0.15, 0.2) is 0 Å². The molecule has 0 unspecified atom stereocenters. The number of anilines is 1. The molecular formula is C24H26ClN3O. The van der Waals surface area contributed by atoms with Crippen LogP contribution in [0.25, 0.3) is 0 Å². The van der Waals surface area contributed by atoms with E-state index < -0.39 is 0 Å². The van der Waals surface area contributed by atoms with Crippen LogP contribution in [0, 0.1) is 11.3 Å². The molecule has 1 fully saturated rings. The summed E-state index contributed by atoms with van der Waals surface area (Å²) in [7, 11) is 0. The molecule has 0 bridgehead atoms. The van der Waals surface area contributed by atoms with Gasteiger partial charge in [0.25, 0.3) is 5.91 Å². The fourth-order valence-corrected chi connectivity index (χ4v) is 4.93. The lowest BCUT2D eigenvalue weighted by atomic mass is 9.90. The van der Waals surface area contributed by atoms with E-state index in [9.17, 15) is 10.1 Å². The van der Waals surface area contributed by atoms with Gasteiger partial charge >= 0.3 is 0 Å². The Morgan fingerprint density at radius 2 is 1.90 bits per heavy atom. The summed E-state index contributed by atoms with van der Waals surface area (Å²) in [6.07, 6.45) is 5.95. The molecule has 5 heteroatoms. The van der Waals surface area contributed by atoms with Crippen LogP contribution in [0.4, 0.5) is 5.69 Å². The predicted octanol–water partition coefficient (Wildman–Crippen LogP) is 4.88. The summed E-state index contributed by atoms with van der Waals surface area (Å²) in [5.74, 6) is 0.0263. The summed E-state index contributed by atoms with van der Waals surface area (Å²) >= 11 is 6.42. The third-order valence-electron chi connectivity index (χ3n) is 6.35. The maximum absolute atomic E-state index is 12.5. The Morgan fingerprint density at radius 1 is 1.17 bits per heavy atom. The van der Waals surface area contributed by atoms with Crippen molar-refractivity contribution in [2.45, 2.75) is 57.5 Å². The molecule has 1 amide bonds. The number of benzene rings is 2. The van der Waals surface area contributed by atoms with E-state index in [0.717, 1.165) is 56.2 Å². The van der Waals surface area contributed by atoms with Crippen LogP contribution in [0.1, 0.15) is 59.7 Å². The highest BCUT2D eigenvalue weighted by molar-refractivity contribution is 6.33. The molecule has 1 heterocycles. The van der Waals surface area contributed by atoms with Crippen molar-refractivity contribution < 1.29 is 4.79 Å². The zero-order valence-electron chi connectivity index (χ0n) is 16.7. The number of nitriles is 1. The Morgan fingerprint density at radius 3 is 2.55 bits per heavy atom. The lowest BCUT2D eigenvalue weighted by Crippen LogP contribution is -2.43. The second-order valence-electron chi connectivity index (χ2n) is 8.01. The van der Waals surface area contributed by atoms with Crippen LogP contribution in [0.15, 0.2) is 36.4 Å². The van der Waals surface area contributed by atoms with Gasteiger partial charge in [0.1, 0.15) is 6.07 Å². The minimum Gasteiger partial charge on any atom is -0.368 e. The molecule has 29 heavy (non-hydrogen) atoms. The molecular weight excluding hydrogens is 382 g/mol. The van der Waals surface area contributed by atoms with Crippen molar-refractivity contribution >= 4 is 23.2 Å². The largest absolute Gasteiger partial charge is 0.368 e. The van der Waals surface area contributed by atoms with Crippen molar-refractivity contribution in [1.82, 2.24) is 5.32 Å². The second kappa shape index (κ2) is 8.47. The molecule has 150 valence electrons. The van der Waals surface area contributed by atoms with Gasteiger partial charge < -0.3 is 10.2 Å². The number of amides is 1. The number of fused-ring (bicyclic) bond motifs is 1. The first-order valence-corrected chi connectivity index (χ1v) is 10.9. The van der Waals surface area contributed by atoms with Crippen LogP contribution in [0.3, 0.4) is 0 Å². The molecule has 2 aromatic carbocycles. The smallest absolute Gasteiger partial charge is 0.251 e. The highest BCUT2D eigenvalue weighted by atomic mass is 35.5. The number of hydrogen-bond acceptors (Lipinski definition) is 3.